The highest BCUT2D eigenvalue weighted by Crippen LogP contribution is 2.21. The molecule has 0 saturated heterocycles. The summed E-state index contributed by atoms with van der Waals surface area (Å²) < 4.78 is 15.6. The normalized spacial score (nSPS) is 10.9. The maximum absolute atomic E-state index is 13.7. The zero-order valence-corrected chi connectivity index (χ0v) is 10.9. The van der Waals surface area contributed by atoms with Crippen LogP contribution in [0, 0.1) is 5.82 Å². The molecule has 0 unspecified atom stereocenters. The Morgan fingerprint density at radius 2 is 2.22 bits per heavy atom. The van der Waals surface area contributed by atoms with Crippen LogP contribution in [0.15, 0.2) is 24.4 Å². The number of nitrogens with zero attached hydrogens (tertiary/aromatic N) is 2. The molecule has 0 spiro atoms. The number of hydrogen-bond donors (Lipinski definition) is 1. The summed E-state index contributed by atoms with van der Waals surface area (Å²) in [5.41, 5.74) is 6.89. The van der Waals surface area contributed by atoms with Crippen LogP contribution in [0.5, 0.6) is 0 Å². The van der Waals surface area contributed by atoms with Crippen molar-refractivity contribution in [2.45, 2.75) is 12.8 Å². The standard InChI is InChI=1S/C13H15ClFN3/c1-18-8-9(5-6-16)17-13(18)7-10-11(14)3-2-4-12(10)15/h2-4,8H,5-7,16H2,1H3. The van der Waals surface area contributed by atoms with Crippen molar-refractivity contribution < 1.29 is 4.39 Å². The second kappa shape index (κ2) is 5.50. The molecule has 2 N–H and O–H groups in total. The first-order chi connectivity index (χ1) is 8.61. The molecule has 3 nitrogen and oxygen atoms in total. The third kappa shape index (κ3) is 2.71. The molecule has 5 heteroatoms. The van der Waals surface area contributed by atoms with E-state index in [1.165, 1.54) is 6.07 Å². The van der Waals surface area contributed by atoms with Crippen LogP contribution in [-0.4, -0.2) is 16.1 Å². The van der Waals surface area contributed by atoms with E-state index in [4.69, 9.17) is 17.3 Å². The van der Waals surface area contributed by atoms with Gasteiger partial charge >= 0.3 is 0 Å². The maximum atomic E-state index is 13.7. The second-order valence-corrected chi connectivity index (χ2v) is 4.58. The Bertz CT molecular complexity index is 531. The molecule has 0 atom stereocenters. The van der Waals surface area contributed by atoms with Crippen LogP contribution in [0.1, 0.15) is 17.1 Å². The van der Waals surface area contributed by atoms with E-state index < -0.39 is 0 Å². The summed E-state index contributed by atoms with van der Waals surface area (Å²) in [6, 6.07) is 4.69. The topological polar surface area (TPSA) is 43.8 Å². The number of halogens is 2. The Labute approximate surface area is 110 Å². The van der Waals surface area contributed by atoms with Gasteiger partial charge in [-0.3, -0.25) is 0 Å². The van der Waals surface area contributed by atoms with Gasteiger partial charge in [0, 0.05) is 36.7 Å². The van der Waals surface area contributed by atoms with Crippen LogP contribution >= 0.6 is 11.6 Å². The molecule has 0 amide bonds. The number of benzene rings is 1. The summed E-state index contributed by atoms with van der Waals surface area (Å²) in [6.07, 6.45) is 3.02. The van der Waals surface area contributed by atoms with Crippen LogP contribution in [0.25, 0.3) is 0 Å². The SMILES string of the molecule is Cn1cc(CCN)nc1Cc1c(F)cccc1Cl. The van der Waals surface area contributed by atoms with Crippen molar-refractivity contribution in [2.24, 2.45) is 12.8 Å². The Balaban J connectivity index is 2.28. The first kappa shape index (κ1) is 13.1. The van der Waals surface area contributed by atoms with E-state index in [1.54, 1.807) is 12.1 Å². The van der Waals surface area contributed by atoms with Crippen molar-refractivity contribution in [1.82, 2.24) is 9.55 Å². The van der Waals surface area contributed by atoms with Crippen molar-refractivity contribution in [2.75, 3.05) is 6.54 Å². The van der Waals surface area contributed by atoms with E-state index in [1.807, 2.05) is 17.8 Å². The fraction of sp³-hybridized carbons (Fsp3) is 0.308. The molecule has 0 saturated carbocycles. The smallest absolute Gasteiger partial charge is 0.128 e. The number of nitrogens with two attached hydrogens (primary N) is 1. The summed E-state index contributed by atoms with van der Waals surface area (Å²) in [7, 11) is 1.89. The molecule has 0 bridgehead atoms. The molecule has 0 fully saturated rings. The molecular formula is C13H15ClFN3. The Morgan fingerprint density at radius 1 is 1.44 bits per heavy atom. The molecule has 0 aliphatic rings. The lowest BCUT2D eigenvalue weighted by Gasteiger charge is -2.05. The van der Waals surface area contributed by atoms with Gasteiger partial charge in [-0.2, -0.15) is 0 Å². The minimum atomic E-state index is -0.300. The van der Waals surface area contributed by atoms with E-state index >= 15 is 0 Å². The average Bonchev–Trinajstić information content (AvgIpc) is 2.65. The molecular weight excluding hydrogens is 253 g/mol. The van der Waals surface area contributed by atoms with Crippen LogP contribution in [0.2, 0.25) is 5.02 Å². The molecule has 96 valence electrons. The van der Waals surface area contributed by atoms with Crippen molar-refractivity contribution in [3.63, 3.8) is 0 Å². The van der Waals surface area contributed by atoms with Crippen LogP contribution in [0.3, 0.4) is 0 Å². The minimum Gasteiger partial charge on any atom is -0.337 e. The monoisotopic (exact) mass is 267 g/mol. The lowest BCUT2D eigenvalue weighted by Crippen LogP contribution is -2.03. The lowest BCUT2D eigenvalue weighted by molar-refractivity contribution is 0.610. The van der Waals surface area contributed by atoms with Gasteiger partial charge in [0.25, 0.3) is 0 Å². The highest BCUT2D eigenvalue weighted by atomic mass is 35.5. The number of aromatic nitrogens is 2. The fourth-order valence-corrected chi connectivity index (χ4v) is 2.09. The van der Waals surface area contributed by atoms with Gasteiger partial charge in [-0.05, 0) is 18.7 Å². The Morgan fingerprint density at radius 3 is 2.89 bits per heavy atom. The molecule has 0 radical (unpaired) electrons. The zero-order valence-electron chi connectivity index (χ0n) is 10.2. The van der Waals surface area contributed by atoms with Crippen LogP contribution in [0.4, 0.5) is 4.39 Å². The molecule has 2 rings (SSSR count). The highest BCUT2D eigenvalue weighted by Gasteiger charge is 2.12. The molecule has 0 aliphatic carbocycles. The maximum Gasteiger partial charge on any atom is 0.128 e. The minimum absolute atomic E-state index is 0.300. The van der Waals surface area contributed by atoms with Crippen LogP contribution < -0.4 is 5.73 Å². The number of hydrogen-bond acceptors (Lipinski definition) is 2. The Kier molecular flexibility index (Phi) is 3.99. The molecule has 1 heterocycles. The van der Waals surface area contributed by atoms with E-state index in [2.05, 4.69) is 4.98 Å². The van der Waals surface area contributed by atoms with Gasteiger partial charge in [-0.25, -0.2) is 9.37 Å². The van der Waals surface area contributed by atoms with Gasteiger partial charge < -0.3 is 10.3 Å². The zero-order chi connectivity index (χ0) is 13.1. The molecule has 1 aromatic carbocycles. The largest absolute Gasteiger partial charge is 0.337 e. The second-order valence-electron chi connectivity index (χ2n) is 4.18. The predicted octanol–water partition coefficient (Wildman–Crippen LogP) is 2.30. The quantitative estimate of drug-likeness (QED) is 0.924. The van der Waals surface area contributed by atoms with E-state index in [0.29, 0.717) is 23.6 Å². The van der Waals surface area contributed by atoms with E-state index in [0.717, 1.165) is 17.9 Å². The summed E-state index contributed by atoms with van der Waals surface area (Å²) in [5, 5.41) is 0.429. The van der Waals surface area contributed by atoms with Gasteiger partial charge in [0.1, 0.15) is 11.6 Å². The van der Waals surface area contributed by atoms with Gasteiger partial charge in [-0.15, -0.1) is 0 Å². The van der Waals surface area contributed by atoms with E-state index in [-0.39, 0.29) is 5.82 Å². The fourth-order valence-electron chi connectivity index (χ4n) is 1.86. The van der Waals surface area contributed by atoms with Gasteiger partial charge in [0.15, 0.2) is 0 Å². The summed E-state index contributed by atoms with van der Waals surface area (Å²) in [5.74, 6) is 0.483. The van der Waals surface area contributed by atoms with Crippen molar-refractivity contribution >= 4 is 11.6 Å². The Hall–Kier alpha value is -1.39. The number of imidazole rings is 1. The summed E-state index contributed by atoms with van der Waals surface area (Å²) in [6.45, 7) is 0.552. The molecule has 2 aromatic rings. The first-order valence-electron chi connectivity index (χ1n) is 5.76. The molecule has 1 aromatic heterocycles. The highest BCUT2D eigenvalue weighted by molar-refractivity contribution is 6.31. The first-order valence-corrected chi connectivity index (χ1v) is 6.13. The third-order valence-electron chi connectivity index (χ3n) is 2.82. The van der Waals surface area contributed by atoms with Crippen molar-refractivity contribution in [3.05, 3.63) is 52.3 Å². The van der Waals surface area contributed by atoms with Crippen molar-refractivity contribution in [3.8, 4) is 0 Å². The lowest BCUT2D eigenvalue weighted by atomic mass is 10.1. The summed E-state index contributed by atoms with van der Waals surface area (Å²) in [4.78, 5) is 4.43. The third-order valence-corrected chi connectivity index (χ3v) is 3.17. The van der Waals surface area contributed by atoms with Gasteiger partial charge in [0.05, 0.1) is 5.69 Å². The van der Waals surface area contributed by atoms with Crippen LogP contribution in [-0.2, 0) is 19.9 Å². The number of aryl methyl sites for hydroxylation is 1. The molecule has 0 aliphatic heterocycles. The predicted molar refractivity (Wildman–Crippen MR) is 70.2 cm³/mol. The summed E-state index contributed by atoms with van der Waals surface area (Å²) >= 11 is 6.00. The average molecular weight is 268 g/mol. The van der Waals surface area contributed by atoms with Gasteiger partial charge in [-0.1, -0.05) is 17.7 Å². The van der Waals surface area contributed by atoms with E-state index in [9.17, 15) is 4.39 Å². The number of rotatable bonds is 4. The van der Waals surface area contributed by atoms with Crippen molar-refractivity contribution in [1.29, 1.82) is 0 Å². The van der Waals surface area contributed by atoms with Gasteiger partial charge in [0.2, 0.25) is 0 Å². The molecule has 18 heavy (non-hydrogen) atoms.